The van der Waals surface area contributed by atoms with Gasteiger partial charge in [0.25, 0.3) is 0 Å². The van der Waals surface area contributed by atoms with Crippen molar-refractivity contribution < 1.29 is 39.3 Å². The number of rotatable bonds is 12. The van der Waals surface area contributed by atoms with Crippen LogP contribution < -0.4 is 21.3 Å². The van der Waals surface area contributed by atoms with Gasteiger partial charge in [-0.05, 0) is 31.0 Å². The first-order valence-electron chi connectivity index (χ1n) is 11.4. The summed E-state index contributed by atoms with van der Waals surface area (Å²) in [5.41, 5.74) is 1.57. The zero-order chi connectivity index (χ0) is 26.2. The van der Waals surface area contributed by atoms with Crippen molar-refractivity contribution in [3.63, 3.8) is 0 Å². The molecule has 0 aliphatic carbocycles. The number of aliphatic carboxylic acids is 2. The zero-order valence-corrected chi connectivity index (χ0v) is 19.3. The highest BCUT2D eigenvalue weighted by Crippen LogP contribution is 2.19. The Morgan fingerprint density at radius 3 is 2.31 bits per heavy atom. The third kappa shape index (κ3) is 6.79. The molecule has 13 nitrogen and oxygen atoms in total. The van der Waals surface area contributed by atoms with Crippen LogP contribution in [0.25, 0.3) is 10.9 Å². The summed E-state index contributed by atoms with van der Waals surface area (Å²) in [5.74, 6) is -5.26. The van der Waals surface area contributed by atoms with Gasteiger partial charge in [0.2, 0.25) is 17.7 Å². The Labute approximate surface area is 205 Å². The maximum atomic E-state index is 13.2. The lowest BCUT2D eigenvalue weighted by molar-refractivity contribution is -0.147. The molecule has 2 heterocycles. The maximum absolute atomic E-state index is 13.2. The van der Waals surface area contributed by atoms with Crippen LogP contribution in [0.15, 0.2) is 30.5 Å². The second-order valence-corrected chi connectivity index (χ2v) is 8.51. The number of carboxylic acids is 2. The second-order valence-electron chi connectivity index (χ2n) is 8.51. The molecule has 1 aliphatic heterocycles. The quantitative estimate of drug-likeness (QED) is 0.169. The van der Waals surface area contributed by atoms with Crippen LogP contribution in [-0.4, -0.2) is 87.3 Å². The topological polar surface area (TPSA) is 210 Å². The largest absolute Gasteiger partial charge is 0.481 e. The van der Waals surface area contributed by atoms with Crippen molar-refractivity contribution in [2.45, 2.75) is 49.9 Å². The van der Waals surface area contributed by atoms with E-state index in [1.54, 1.807) is 6.20 Å². The number of amides is 3. The van der Waals surface area contributed by atoms with Crippen LogP contribution in [0.3, 0.4) is 0 Å². The molecular weight excluding hydrogens is 474 g/mol. The number of aromatic nitrogens is 1. The van der Waals surface area contributed by atoms with Gasteiger partial charge < -0.3 is 41.6 Å². The van der Waals surface area contributed by atoms with Gasteiger partial charge in [-0.25, -0.2) is 4.79 Å². The minimum atomic E-state index is -1.75. The molecule has 1 aromatic carbocycles. The number of carbonyl (C=O) groups excluding carboxylic acids is 3. The highest BCUT2D eigenvalue weighted by Gasteiger charge is 2.32. The van der Waals surface area contributed by atoms with Gasteiger partial charge in [0.15, 0.2) is 0 Å². The molecule has 4 unspecified atom stereocenters. The first-order chi connectivity index (χ1) is 17.2. The van der Waals surface area contributed by atoms with Gasteiger partial charge in [0.1, 0.15) is 18.1 Å². The Balaban J connectivity index is 1.76. The van der Waals surface area contributed by atoms with Crippen LogP contribution >= 0.6 is 0 Å². The molecule has 0 spiro atoms. The van der Waals surface area contributed by atoms with Crippen LogP contribution in [0.1, 0.15) is 24.8 Å². The number of nitrogens with one attached hydrogen (secondary N) is 5. The predicted octanol–water partition coefficient (Wildman–Crippen LogP) is -1.53. The van der Waals surface area contributed by atoms with E-state index in [4.69, 9.17) is 10.2 Å². The molecule has 3 amide bonds. The average Bonchev–Trinajstić information content (AvgIpc) is 3.52. The van der Waals surface area contributed by atoms with E-state index in [0.717, 1.165) is 22.9 Å². The van der Waals surface area contributed by atoms with Crippen LogP contribution in [0, 0.1) is 0 Å². The van der Waals surface area contributed by atoms with Crippen LogP contribution in [-0.2, 0) is 30.4 Å². The average molecular weight is 504 g/mol. The van der Waals surface area contributed by atoms with E-state index in [0.29, 0.717) is 13.0 Å². The van der Waals surface area contributed by atoms with Gasteiger partial charge in [-0.2, -0.15) is 0 Å². The van der Waals surface area contributed by atoms with Crippen molar-refractivity contribution in [3.05, 3.63) is 36.0 Å². The molecule has 1 fully saturated rings. The Kier molecular flexibility index (Phi) is 8.97. The van der Waals surface area contributed by atoms with Crippen LogP contribution in [0.2, 0.25) is 0 Å². The monoisotopic (exact) mass is 503 g/mol. The lowest BCUT2D eigenvalue weighted by Gasteiger charge is -2.24. The third-order valence-corrected chi connectivity index (χ3v) is 5.92. The number of para-hydroxylation sites is 1. The standard InChI is InChI=1S/C23H29N5O8/c29-11-18(22(34)27-17(23(35)36)9-19(30)31)28-21(33)16(26-20(32)15-6-3-7-24-15)8-12-10-25-14-5-2-1-4-13(12)14/h1-2,4-5,10,15-18,24-25,29H,3,6-9,11H2,(H,26,32)(H,27,34)(H,28,33)(H,30,31)(H,35,36). The summed E-state index contributed by atoms with van der Waals surface area (Å²) < 4.78 is 0. The van der Waals surface area contributed by atoms with Crippen molar-refractivity contribution in [2.24, 2.45) is 0 Å². The van der Waals surface area contributed by atoms with Crippen molar-refractivity contribution in [1.82, 2.24) is 26.3 Å². The van der Waals surface area contributed by atoms with E-state index in [2.05, 4.69) is 20.9 Å². The van der Waals surface area contributed by atoms with Gasteiger partial charge in [-0.1, -0.05) is 18.2 Å². The molecule has 8 N–H and O–H groups in total. The molecule has 0 saturated carbocycles. The molecule has 3 rings (SSSR count). The van der Waals surface area contributed by atoms with Crippen molar-refractivity contribution in [3.8, 4) is 0 Å². The summed E-state index contributed by atoms with van der Waals surface area (Å²) in [5, 5.41) is 38.6. The highest BCUT2D eigenvalue weighted by molar-refractivity contribution is 5.95. The number of aliphatic hydroxyl groups is 1. The number of carbonyl (C=O) groups is 5. The molecular formula is C23H29N5O8. The first kappa shape index (κ1) is 26.6. The molecule has 1 aliphatic rings. The lowest BCUT2D eigenvalue weighted by atomic mass is 10.0. The van der Waals surface area contributed by atoms with Crippen molar-refractivity contribution >= 4 is 40.6 Å². The number of hydrogen-bond donors (Lipinski definition) is 8. The molecule has 36 heavy (non-hydrogen) atoms. The summed E-state index contributed by atoms with van der Waals surface area (Å²) in [6, 6.07) is 2.49. The normalized spacial score (nSPS) is 17.6. The molecule has 0 bridgehead atoms. The van der Waals surface area contributed by atoms with Crippen LogP contribution in [0.4, 0.5) is 0 Å². The van der Waals surface area contributed by atoms with E-state index in [-0.39, 0.29) is 12.3 Å². The van der Waals surface area contributed by atoms with E-state index in [1.165, 1.54) is 0 Å². The van der Waals surface area contributed by atoms with E-state index >= 15 is 0 Å². The fourth-order valence-electron chi connectivity index (χ4n) is 4.02. The number of carboxylic acid groups (broad SMARTS) is 2. The Morgan fingerprint density at radius 2 is 1.67 bits per heavy atom. The SMILES string of the molecule is O=C(O)CC(NC(=O)C(CO)NC(=O)C(Cc1c[nH]c2ccccc12)NC(=O)C1CCCN1)C(=O)O. The van der Waals surface area contributed by atoms with E-state index in [9.17, 15) is 29.1 Å². The smallest absolute Gasteiger partial charge is 0.326 e. The first-order valence-corrected chi connectivity index (χ1v) is 11.4. The summed E-state index contributed by atoms with van der Waals surface area (Å²) in [6.07, 6.45) is 2.32. The summed E-state index contributed by atoms with van der Waals surface area (Å²) in [6.45, 7) is -0.208. The molecule has 194 valence electrons. The summed E-state index contributed by atoms with van der Waals surface area (Å²) in [4.78, 5) is 63.7. The van der Waals surface area contributed by atoms with Crippen molar-refractivity contribution in [1.29, 1.82) is 0 Å². The Morgan fingerprint density at radius 1 is 0.972 bits per heavy atom. The molecule has 1 aromatic heterocycles. The van der Waals surface area contributed by atoms with Gasteiger partial charge in [0.05, 0.1) is 19.1 Å². The summed E-state index contributed by atoms with van der Waals surface area (Å²) in [7, 11) is 0. The highest BCUT2D eigenvalue weighted by atomic mass is 16.4. The number of benzene rings is 1. The molecule has 13 heteroatoms. The molecule has 2 aromatic rings. The van der Waals surface area contributed by atoms with Gasteiger partial charge in [-0.15, -0.1) is 0 Å². The van der Waals surface area contributed by atoms with Gasteiger partial charge in [-0.3, -0.25) is 19.2 Å². The lowest BCUT2D eigenvalue weighted by Crippen LogP contribution is -2.58. The Bertz CT molecular complexity index is 1130. The minimum Gasteiger partial charge on any atom is -0.481 e. The minimum absolute atomic E-state index is 0.0742. The van der Waals surface area contributed by atoms with Crippen molar-refractivity contribution in [2.75, 3.05) is 13.2 Å². The molecule has 1 saturated heterocycles. The number of fused-ring (bicyclic) bond motifs is 1. The number of aromatic amines is 1. The zero-order valence-electron chi connectivity index (χ0n) is 19.3. The van der Waals surface area contributed by atoms with Gasteiger partial charge >= 0.3 is 11.9 Å². The van der Waals surface area contributed by atoms with E-state index in [1.807, 2.05) is 29.6 Å². The van der Waals surface area contributed by atoms with Crippen LogP contribution in [0.5, 0.6) is 0 Å². The third-order valence-electron chi connectivity index (χ3n) is 5.92. The number of aliphatic hydroxyl groups excluding tert-OH is 1. The predicted molar refractivity (Wildman–Crippen MR) is 126 cm³/mol. The fourth-order valence-corrected chi connectivity index (χ4v) is 4.02. The Hall–Kier alpha value is -3.97. The van der Waals surface area contributed by atoms with E-state index < -0.39 is 60.9 Å². The molecule has 4 atom stereocenters. The second kappa shape index (κ2) is 12.1. The molecule has 0 radical (unpaired) electrons. The number of hydrogen-bond acceptors (Lipinski definition) is 7. The number of H-pyrrole nitrogens is 1. The van der Waals surface area contributed by atoms with Gasteiger partial charge in [0, 0.05) is 23.5 Å². The fraction of sp³-hybridized carbons (Fsp3) is 0.435. The summed E-state index contributed by atoms with van der Waals surface area (Å²) >= 11 is 0. The maximum Gasteiger partial charge on any atom is 0.326 e.